The average molecular weight is 284 g/mol. The zero-order chi connectivity index (χ0) is 13.1. The van der Waals surface area contributed by atoms with E-state index in [0.717, 1.165) is 34.2 Å². The maximum Gasteiger partial charge on any atom is 0.195 e. The third kappa shape index (κ3) is 2.52. The monoisotopic (exact) mass is 284 g/mol. The minimum atomic E-state index is 0.538. The number of aromatic nitrogens is 4. The summed E-state index contributed by atoms with van der Waals surface area (Å²) in [7, 11) is 3.59. The Morgan fingerprint density at radius 3 is 2.83 bits per heavy atom. The summed E-state index contributed by atoms with van der Waals surface area (Å²) in [5, 5.41) is 8.06. The van der Waals surface area contributed by atoms with E-state index in [2.05, 4.69) is 22.1 Å². The second-order valence-electron chi connectivity index (χ2n) is 3.98. The van der Waals surface area contributed by atoms with Crippen molar-refractivity contribution >= 4 is 23.6 Å². The number of nitrogens with zero attached hydrogens (tertiary/aromatic N) is 3. The van der Waals surface area contributed by atoms with E-state index in [-0.39, 0.29) is 0 Å². The van der Waals surface area contributed by atoms with Crippen molar-refractivity contribution in [1.82, 2.24) is 19.7 Å². The molecule has 0 radical (unpaired) electrons. The molecule has 0 unspecified atom stereocenters. The van der Waals surface area contributed by atoms with Crippen molar-refractivity contribution in [3.05, 3.63) is 15.5 Å². The van der Waals surface area contributed by atoms with Gasteiger partial charge in [-0.2, -0.15) is 5.10 Å². The Balaban J connectivity index is 2.47. The minimum Gasteiger partial charge on any atom is -0.378 e. The summed E-state index contributed by atoms with van der Waals surface area (Å²) < 4.78 is 7.63. The molecule has 0 spiro atoms. The van der Waals surface area contributed by atoms with Crippen LogP contribution >= 0.6 is 23.6 Å². The summed E-state index contributed by atoms with van der Waals surface area (Å²) in [6.45, 7) is 2.68. The lowest BCUT2D eigenvalue weighted by Crippen LogP contribution is -1.95. The average Bonchev–Trinajstić information content (AvgIpc) is 2.86. The fourth-order valence-electron chi connectivity index (χ4n) is 1.72. The Bertz CT molecular complexity index is 584. The summed E-state index contributed by atoms with van der Waals surface area (Å²) in [5.41, 5.74) is 1.08. The highest BCUT2D eigenvalue weighted by Crippen LogP contribution is 2.30. The Hall–Kier alpha value is -1.05. The summed E-state index contributed by atoms with van der Waals surface area (Å²) in [5.74, 6) is 0.850. The molecule has 0 saturated carbocycles. The lowest BCUT2D eigenvalue weighted by atomic mass is 10.2. The Labute approximate surface area is 115 Å². The molecule has 2 aromatic heterocycles. The maximum absolute atomic E-state index is 5.14. The van der Waals surface area contributed by atoms with Crippen molar-refractivity contribution in [2.45, 2.75) is 26.4 Å². The molecule has 0 bridgehead atoms. The Morgan fingerprint density at radius 2 is 2.28 bits per heavy atom. The molecule has 1 N–H and O–H groups in total. The highest BCUT2D eigenvalue weighted by atomic mass is 32.1. The zero-order valence-electron chi connectivity index (χ0n) is 10.7. The number of H-pyrrole nitrogens is 1. The van der Waals surface area contributed by atoms with E-state index in [9.17, 15) is 0 Å². The molecule has 5 nitrogen and oxygen atoms in total. The molecular weight excluding hydrogens is 268 g/mol. The van der Waals surface area contributed by atoms with Gasteiger partial charge in [0.05, 0.1) is 17.2 Å². The first-order valence-electron chi connectivity index (χ1n) is 5.76. The highest BCUT2D eigenvalue weighted by molar-refractivity contribution is 7.71. The van der Waals surface area contributed by atoms with E-state index < -0.39 is 0 Å². The van der Waals surface area contributed by atoms with Gasteiger partial charge in [0.1, 0.15) is 5.01 Å². The van der Waals surface area contributed by atoms with Gasteiger partial charge < -0.3 is 9.30 Å². The maximum atomic E-state index is 5.14. The third-order valence-electron chi connectivity index (χ3n) is 2.58. The van der Waals surface area contributed by atoms with Crippen LogP contribution in [-0.2, 0) is 24.8 Å². The van der Waals surface area contributed by atoms with Gasteiger partial charge in [0.25, 0.3) is 0 Å². The van der Waals surface area contributed by atoms with E-state index in [1.807, 2.05) is 11.6 Å². The number of nitrogens with one attached hydrogen (secondary N) is 1. The minimum absolute atomic E-state index is 0.538. The first-order valence-corrected chi connectivity index (χ1v) is 6.99. The predicted octanol–water partition coefficient (Wildman–Crippen LogP) is 2.70. The molecule has 0 amide bonds. The zero-order valence-corrected chi connectivity index (χ0v) is 12.3. The van der Waals surface area contributed by atoms with Crippen molar-refractivity contribution in [2.75, 3.05) is 7.11 Å². The third-order valence-corrected chi connectivity index (χ3v) is 4.01. The number of rotatable bonds is 5. The van der Waals surface area contributed by atoms with E-state index in [1.54, 1.807) is 18.4 Å². The molecule has 0 aliphatic rings. The van der Waals surface area contributed by atoms with Gasteiger partial charge in [-0.25, -0.2) is 4.98 Å². The van der Waals surface area contributed by atoms with Crippen LogP contribution in [0, 0.1) is 4.77 Å². The van der Waals surface area contributed by atoms with Crippen molar-refractivity contribution in [3.8, 4) is 10.7 Å². The molecule has 7 heteroatoms. The van der Waals surface area contributed by atoms with Crippen LogP contribution in [0.5, 0.6) is 0 Å². The number of aryl methyl sites for hydroxylation is 1. The molecule has 0 aromatic carbocycles. The van der Waals surface area contributed by atoms with Gasteiger partial charge in [-0.15, -0.1) is 11.3 Å². The highest BCUT2D eigenvalue weighted by Gasteiger charge is 2.16. The summed E-state index contributed by atoms with van der Waals surface area (Å²) in [6, 6.07) is 0. The second kappa shape index (κ2) is 5.73. The molecule has 2 heterocycles. The number of hydrogen-bond donors (Lipinski definition) is 1. The molecule has 0 saturated heterocycles. The predicted molar refractivity (Wildman–Crippen MR) is 74.2 cm³/mol. The number of thiazole rings is 1. The van der Waals surface area contributed by atoms with Crippen molar-refractivity contribution in [2.24, 2.45) is 7.05 Å². The van der Waals surface area contributed by atoms with E-state index >= 15 is 0 Å². The van der Waals surface area contributed by atoms with Crippen LogP contribution in [0.25, 0.3) is 10.7 Å². The normalized spacial score (nSPS) is 11.1. The van der Waals surface area contributed by atoms with E-state index in [4.69, 9.17) is 17.0 Å². The lowest BCUT2D eigenvalue weighted by Gasteiger charge is -1.99. The SMILES string of the molecule is CCCc1nc(COC)sc1-c1n[nH]c(=S)n1C. The summed E-state index contributed by atoms with van der Waals surface area (Å²) >= 11 is 6.76. The van der Waals surface area contributed by atoms with Gasteiger partial charge >= 0.3 is 0 Å². The largest absolute Gasteiger partial charge is 0.378 e. The van der Waals surface area contributed by atoms with Gasteiger partial charge in [0, 0.05) is 14.2 Å². The van der Waals surface area contributed by atoms with Crippen molar-refractivity contribution < 1.29 is 4.74 Å². The van der Waals surface area contributed by atoms with Gasteiger partial charge in [-0.05, 0) is 18.6 Å². The molecule has 0 fully saturated rings. The number of methoxy groups -OCH3 is 1. The Kier molecular flexibility index (Phi) is 4.26. The van der Waals surface area contributed by atoms with Crippen LogP contribution in [0.3, 0.4) is 0 Å². The van der Waals surface area contributed by atoms with Crippen molar-refractivity contribution in [1.29, 1.82) is 0 Å². The second-order valence-corrected chi connectivity index (χ2v) is 5.45. The summed E-state index contributed by atoms with van der Waals surface area (Å²) in [6.07, 6.45) is 1.99. The molecule has 0 aliphatic heterocycles. The van der Waals surface area contributed by atoms with Crippen LogP contribution in [0.1, 0.15) is 24.0 Å². The van der Waals surface area contributed by atoms with Crippen LogP contribution in [0.2, 0.25) is 0 Å². The fraction of sp³-hybridized carbons (Fsp3) is 0.545. The lowest BCUT2D eigenvalue weighted by molar-refractivity contribution is 0.184. The van der Waals surface area contributed by atoms with Crippen LogP contribution in [0.4, 0.5) is 0 Å². The smallest absolute Gasteiger partial charge is 0.195 e. The van der Waals surface area contributed by atoms with E-state index in [0.29, 0.717) is 11.4 Å². The van der Waals surface area contributed by atoms with E-state index in [1.165, 1.54) is 0 Å². The van der Waals surface area contributed by atoms with Crippen molar-refractivity contribution in [3.63, 3.8) is 0 Å². The molecule has 2 rings (SSSR count). The van der Waals surface area contributed by atoms with Crippen LogP contribution < -0.4 is 0 Å². The first kappa shape index (κ1) is 13.4. The molecule has 98 valence electrons. The van der Waals surface area contributed by atoms with Gasteiger partial charge in [0.2, 0.25) is 0 Å². The number of ether oxygens (including phenoxy) is 1. The summed E-state index contributed by atoms with van der Waals surface area (Å²) in [4.78, 5) is 5.69. The number of aromatic amines is 1. The van der Waals surface area contributed by atoms with Crippen LogP contribution in [-0.4, -0.2) is 26.9 Å². The van der Waals surface area contributed by atoms with Gasteiger partial charge in [-0.1, -0.05) is 13.3 Å². The van der Waals surface area contributed by atoms with Gasteiger partial charge in [0.15, 0.2) is 10.6 Å². The van der Waals surface area contributed by atoms with Gasteiger partial charge in [-0.3, -0.25) is 5.10 Å². The molecule has 18 heavy (non-hydrogen) atoms. The molecule has 0 aliphatic carbocycles. The molecule has 2 aromatic rings. The van der Waals surface area contributed by atoms with Crippen LogP contribution in [0.15, 0.2) is 0 Å². The molecule has 0 atom stereocenters. The Morgan fingerprint density at radius 1 is 1.50 bits per heavy atom. The standard InChI is InChI=1S/C11H16N4OS2/c1-4-5-7-9(18-8(12-7)6-16-3)10-13-14-11(17)15(10)2/h4-6H2,1-3H3,(H,14,17). The quantitative estimate of drug-likeness (QED) is 0.858. The first-order chi connectivity index (χ1) is 8.67. The topological polar surface area (TPSA) is 55.7 Å². The molecular formula is C11H16N4OS2. The fourth-order valence-corrected chi connectivity index (χ4v) is 2.96. The number of hydrogen-bond acceptors (Lipinski definition) is 5.